The minimum atomic E-state index is -1.99. The molecule has 0 radical (unpaired) electrons. The van der Waals surface area contributed by atoms with Gasteiger partial charge in [0.1, 0.15) is 0 Å². The number of methoxy groups -OCH3 is 2. The fourth-order valence-corrected chi connectivity index (χ4v) is 4.65. The van der Waals surface area contributed by atoms with Gasteiger partial charge in [-0.2, -0.15) is 0 Å². The number of fused-ring (bicyclic) bond motifs is 1. The zero-order chi connectivity index (χ0) is 20.1. The highest BCUT2D eigenvalue weighted by atomic mass is 79.9. The minimum absolute atomic E-state index is 0.370. The molecule has 9 nitrogen and oxygen atoms in total. The van der Waals surface area contributed by atoms with Crippen molar-refractivity contribution in [2.45, 2.75) is 24.6 Å². The summed E-state index contributed by atoms with van der Waals surface area (Å²) in [5, 5.41) is 25.1. The number of aliphatic hydroxyl groups excluding tert-OH is 1. The number of carbonyl (C=O) groups is 3. The van der Waals surface area contributed by atoms with Crippen LogP contribution in [-0.4, -0.2) is 53.9 Å². The van der Waals surface area contributed by atoms with Gasteiger partial charge >= 0.3 is 5.97 Å². The van der Waals surface area contributed by atoms with E-state index < -0.39 is 47.3 Å². The summed E-state index contributed by atoms with van der Waals surface area (Å²) in [6.07, 6.45) is -1.42. The molecular formula is C17H19BrN2O7. The van der Waals surface area contributed by atoms with Crippen LogP contribution in [0.3, 0.4) is 0 Å². The molecule has 2 heterocycles. The van der Waals surface area contributed by atoms with Gasteiger partial charge in [-0.3, -0.25) is 25.0 Å². The average Bonchev–Trinajstić information content (AvgIpc) is 3.11. The highest BCUT2D eigenvalue weighted by Crippen LogP contribution is 2.49. The molecule has 3 rings (SSSR count). The van der Waals surface area contributed by atoms with E-state index in [1.165, 1.54) is 21.1 Å². The molecule has 27 heavy (non-hydrogen) atoms. The molecule has 0 spiro atoms. The zero-order valence-electron chi connectivity index (χ0n) is 14.8. The number of halogens is 1. The number of hydrogen-bond acceptors (Lipinski definition) is 7. The zero-order valence-corrected chi connectivity index (χ0v) is 16.4. The van der Waals surface area contributed by atoms with Gasteiger partial charge in [-0.05, 0) is 40.5 Å². The first kappa shape index (κ1) is 19.6. The number of hydrogen-bond donors (Lipinski definition) is 4. The Labute approximate surface area is 163 Å². The Morgan fingerprint density at radius 2 is 1.93 bits per heavy atom. The van der Waals surface area contributed by atoms with Gasteiger partial charge in [0.05, 0.1) is 36.6 Å². The topological polar surface area (TPSA) is 134 Å². The van der Waals surface area contributed by atoms with Crippen molar-refractivity contribution in [1.29, 1.82) is 0 Å². The van der Waals surface area contributed by atoms with Gasteiger partial charge in [0.2, 0.25) is 11.8 Å². The number of benzene rings is 1. The molecule has 1 aromatic carbocycles. The maximum atomic E-state index is 12.4. The van der Waals surface area contributed by atoms with Crippen LogP contribution in [0.1, 0.15) is 18.5 Å². The Morgan fingerprint density at radius 3 is 2.44 bits per heavy atom. The second-order valence-corrected chi connectivity index (χ2v) is 7.42. The highest BCUT2D eigenvalue weighted by Gasteiger charge is 2.68. The van der Waals surface area contributed by atoms with Gasteiger partial charge < -0.3 is 19.7 Å². The lowest BCUT2D eigenvalue weighted by molar-refractivity contribution is -0.154. The van der Waals surface area contributed by atoms with Crippen LogP contribution in [0.2, 0.25) is 0 Å². The third kappa shape index (κ3) is 2.70. The van der Waals surface area contributed by atoms with Crippen molar-refractivity contribution < 1.29 is 34.1 Å². The second kappa shape index (κ2) is 6.77. The van der Waals surface area contributed by atoms with E-state index in [2.05, 4.69) is 26.6 Å². The molecule has 2 aliphatic rings. The van der Waals surface area contributed by atoms with Crippen LogP contribution in [0.15, 0.2) is 16.6 Å². The fourth-order valence-electron chi connectivity index (χ4n) is 4.03. The largest absolute Gasteiger partial charge is 0.493 e. The quantitative estimate of drug-likeness (QED) is 0.475. The molecule has 1 aromatic rings. The summed E-state index contributed by atoms with van der Waals surface area (Å²) < 4.78 is 11.1. The molecule has 4 N–H and O–H groups in total. The highest BCUT2D eigenvalue weighted by molar-refractivity contribution is 9.10. The van der Waals surface area contributed by atoms with E-state index in [-0.39, 0.29) is 0 Å². The van der Waals surface area contributed by atoms with Crippen LogP contribution in [0.25, 0.3) is 0 Å². The summed E-state index contributed by atoms with van der Waals surface area (Å²) in [7, 11) is 2.92. The molecule has 0 bridgehead atoms. The number of aliphatic hydroxyl groups is 1. The summed E-state index contributed by atoms with van der Waals surface area (Å²) in [5.41, 5.74) is -1.48. The van der Waals surface area contributed by atoms with Crippen LogP contribution in [0.5, 0.6) is 11.5 Å². The molecule has 0 aromatic heterocycles. The Bertz CT molecular complexity index is 828. The maximum absolute atomic E-state index is 12.4. The Balaban J connectivity index is 2.17. The first-order chi connectivity index (χ1) is 12.7. The molecule has 5 atom stereocenters. The molecule has 10 heteroatoms. The SMILES string of the molecule is COc1cc(C2NC(C(=O)O)(C(C)O)C3C(=O)NC(=O)C23)cc(Br)c1OC. The molecule has 2 aliphatic heterocycles. The van der Waals surface area contributed by atoms with Crippen molar-refractivity contribution in [2.75, 3.05) is 14.2 Å². The number of carboxylic acids is 1. The lowest BCUT2D eigenvalue weighted by Gasteiger charge is -2.32. The smallest absolute Gasteiger partial charge is 0.327 e. The first-order valence-corrected chi connectivity index (χ1v) is 8.93. The van der Waals surface area contributed by atoms with Gasteiger partial charge in [-0.25, -0.2) is 0 Å². The number of carboxylic acid groups (broad SMARTS) is 1. The van der Waals surface area contributed by atoms with Crippen molar-refractivity contribution in [3.05, 3.63) is 22.2 Å². The van der Waals surface area contributed by atoms with E-state index in [0.29, 0.717) is 21.5 Å². The molecule has 2 amide bonds. The molecule has 2 saturated heterocycles. The van der Waals surface area contributed by atoms with Gasteiger partial charge in [-0.1, -0.05) is 0 Å². The number of carbonyl (C=O) groups excluding carboxylic acids is 2. The molecule has 5 unspecified atom stereocenters. The van der Waals surface area contributed by atoms with Gasteiger partial charge in [-0.15, -0.1) is 0 Å². The lowest BCUT2D eigenvalue weighted by Crippen LogP contribution is -2.62. The van der Waals surface area contributed by atoms with Crippen LogP contribution in [-0.2, 0) is 14.4 Å². The normalized spacial score (nSPS) is 30.6. The van der Waals surface area contributed by atoms with Crippen LogP contribution >= 0.6 is 15.9 Å². The van der Waals surface area contributed by atoms with E-state index in [9.17, 15) is 24.6 Å². The molecule has 0 aliphatic carbocycles. The Kier molecular flexibility index (Phi) is 4.91. The van der Waals surface area contributed by atoms with E-state index in [1.807, 2.05) is 0 Å². The van der Waals surface area contributed by atoms with Crippen LogP contribution < -0.4 is 20.1 Å². The first-order valence-electron chi connectivity index (χ1n) is 8.14. The van der Waals surface area contributed by atoms with Gasteiger partial charge in [0.25, 0.3) is 0 Å². The number of imide groups is 1. The van der Waals surface area contributed by atoms with E-state index in [1.54, 1.807) is 12.1 Å². The van der Waals surface area contributed by atoms with Crippen molar-refractivity contribution in [3.63, 3.8) is 0 Å². The van der Waals surface area contributed by atoms with Gasteiger partial charge in [0.15, 0.2) is 17.0 Å². The predicted molar refractivity (Wildman–Crippen MR) is 95.3 cm³/mol. The average molecular weight is 443 g/mol. The number of aliphatic carboxylic acids is 1. The maximum Gasteiger partial charge on any atom is 0.327 e. The standard InChI is InChI=1S/C17H19BrN2O7/c1-6(21)17(16(24)25)11-10(14(22)19-15(11)23)12(20-17)7-4-8(18)13(27-3)9(5-7)26-2/h4-6,10-12,20-21H,1-3H3,(H,24,25)(H,19,22,23). The summed E-state index contributed by atoms with van der Waals surface area (Å²) in [5.74, 6) is -4.15. The second-order valence-electron chi connectivity index (χ2n) is 6.57. The minimum Gasteiger partial charge on any atom is -0.493 e. The van der Waals surface area contributed by atoms with Gasteiger partial charge in [0, 0.05) is 6.04 Å². The lowest BCUT2D eigenvalue weighted by atomic mass is 9.76. The van der Waals surface area contributed by atoms with Crippen molar-refractivity contribution in [3.8, 4) is 11.5 Å². The van der Waals surface area contributed by atoms with E-state index >= 15 is 0 Å². The van der Waals surface area contributed by atoms with Crippen LogP contribution in [0.4, 0.5) is 0 Å². The fraction of sp³-hybridized carbons (Fsp3) is 0.471. The predicted octanol–water partition coefficient (Wildman–Crippen LogP) is 0.204. The molecule has 0 saturated carbocycles. The summed E-state index contributed by atoms with van der Waals surface area (Å²) in [6.45, 7) is 1.28. The van der Waals surface area contributed by atoms with E-state index in [4.69, 9.17) is 9.47 Å². The summed E-state index contributed by atoms with van der Waals surface area (Å²) in [6, 6.07) is 2.43. The summed E-state index contributed by atoms with van der Waals surface area (Å²) in [4.78, 5) is 36.8. The van der Waals surface area contributed by atoms with Crippen molar-refractivity contribution >= 4 is 33.7 Å². The Hall–Kier alpha value is -2.17. The number of rotatable bonds is 5. The third-order valence-electron chi connectivity index (χ3n) is 5.26. The van der Waals surface area contributed by atoms with Crippen molar-refractivity contribution in [2.24, 2.45) is 11.8 Å². The number of nitrogens with one attached hydrogen (secondary N) is 2. The molecule has 146 valence electrons. The van der Waals surface area contributed by atoms with E-state index in [0.717, 1.165) is 0 Å². The molecule has 2 fully saturated rings. The third-order valence-corrected chi connectivity index (χ3v) is 5.85. The van der Waals surface area contributed by atoms with Crippen LogP contribution in [0, 0.1) is 11.8 Å². The number of amides is 2. The van der Waals surface area contributed by atoms with Crippen molar-refractivity contribution in [1.82, 2.24) is 10.6 Å². The monoisotopic (exact) mass is 442 g/mol. The summed E-state index contributed by atoms with van der Waals surface area (Å²) >= 11 is 3.37. The molecular weight excluding hydrogens is 424 g/mol. The number of ether oxygens (including phenoxy) is 2. The Morgan fingerprint density at radius 1 is 1.26 bits per heavy atom.